The molecule has 0 aromatic carbocycles. The van der Waals surface area contributed by atoms with Crippen molar-refractivity contribution in [2.75, 3.05) is 10.0 Å². The maximum atomic E-state index is 14.2. The quantitative estimate of drug-likeness (QED) is 0.430. The number of aryl methyl sites for hydroxylation is 2. The number of anilines is 3. The first-order valence-electron chi connectivity index (χ1n) is 10.9. The minimum Gasteiger partial charge on any atom is -0.316 e. The molecule has 0 radical (unpaired) electrons. The molecule has 180 valence electrons. The summed E-state index contributed by atoms with van der Waals surface area (Å²) in [6.45, 7) is 1.64. The fourth-order valence-electron chi connectivity index (χ4n) is 3.80. The first-order chi connectivity index (χ1) is 16.8. The van der Waals surface area contributed by atoms with E-state index in [1.807, 2.05) is 12.1 Å². The van der Waals surface area contributed by atoms with Crippen LogP contribution in [-0.4, -0.2) is 29.5 Å². The molecule has 0 amide bonds. The molecule has 3 heterocycles. The maximum absolute atomic E-state index is 14.2. The van der Waals surface area contributed by atoms with Gasteiger partial charge in [0.25, 0.3) is 10.0 Å². The minimum absolute atomic E-state index is 0.205. The zero-order valence-electron chi connectivity index (χ0n) is 18.6. The summed E-state index contributed by atoms with van der Waals surface area (Å²) in [6, 6.07) is 5.22. The average Bonchev–Trinajstić information content (AvgIpc) is 3.22. The van der Waals surface area contributed by atoms with Crippen LogP contribution in [0.3, 0.4) is 0 Å². The van der Waals surface area contributed by atoms with Gasteiger partial charge in [-0.25, -0.2) is 27.2 Å². The molecular formula is C24H21F2N5O2S2. The molecule has 2 N–H and O–H groups in total. The molecule has 11 heteroatoms. The van der Waals surface area contributed by atoms with E-state index >= 15 is 0 Å². The summed E-state index contributed by atoms with van der Waals surface area (Å²) in [6.07, 6.45) is 8.72. The van der Waals surface area contributed by atoms with Gasteiger partial charge in [-0.1, -0.05) is 6.08 Å². The number of pyridine rings is 2. The summed E-state index contributed by atoms with van der Waals surface area (Å²) in [7, 11) is -4.23. The lowest BCUT2D eigenvalue weighted by Gasteiger charge is -2.18. The number of aromatic nitrogens is 3. The first-order valence-corrected chi connectivity index (χ1v) is 13.2. The number of rotatable bonds is 6. The van der Waals surface area contributed by atoms with Gasteiger partial charge in [-0.05, 0) is 61.8 Å². The van der Waals surface area contributed by atoms with E-state index in [4.69, 9.17) is 0 Å². The Hall–Kier alpha value is -3.44. The zero-order chi connectivity index (χ0) is 24.6. The third-order valence-electron chi connectivity index (χ3n) is 5.62. The number of allylic oxidation sites excluding steroid dienone is 5. The van der Waals surface area contributed by atoms with Crippen LogP contribution in [0.1, 0.15) is 29.1 Å². The highest BCUT2D eigenvalue weighted by Crippen LogP contribution is 2.32. The summed E-state index contributed by atoms with van der Waals surface area (Å²) in [4.78, 5) is 14.0. The summed E-state index contributed by atoms with van der Waals surface area (Å²) in [5, 5.41) is 3.98. The Labute approximate surface area is 205 Å². The Morgan fingerprint density at radius 1 is 1.17 bits per heavy atom. The molecule has 0 fully saturated rings. The van der Waals surface area contributed by atoms with Gasteiger partial charge >= 0.3 is 0 Å². The van der Waals surface area contributed by atoms with Crippen molar-refractivity contribution in [1.82, 2.24) is 15.0 Å². The molecule has 35 heavy (non-hydrogen) atoms. The molecule has 5 rings (SSSR count). The van der Waals surface area contributed by atoms with Crippen LogP contribution in [-0.2, 0) is 16.4 Å². The Kier molecular flexibility index (Phi) is 6.20. The largest absolute Gasteiger partial charge is 0.316 e. The van der Waals surface area contributed by atoms with Crippen LogP contribution >= 0.6 is 11.3 Å². The highest BCUT2D eigenvalue weighted by molar-refractivity contribution is 7.96. The van der Waals surface area contributed by atoms with Crippen LogP contribution in [0.5, 0.6) is 0 Å². The van der Waals surface area contributed by atoms with E-state index in [0.29, 0.717) is 17.1 Å². The van der Waals surface area contributed by atoms with Crippen LogP contribution in [0.15, 0.2) is 59.6 Å². The smallest absolute Gasteiger partial charge is 0.261 e. The molecular weight excluding hydrogens is 492 g/mol. The monoisotopic (exact) mass is 513 g/mol. The molecule has 1 atom stereocenters. The second-order valence-corrected chi connectivity index (χ2v) is 10.9. The molecule has 7 nitrogen and oxygen atoms in total. The predicted molar refractivity (Wildman–Crippen MR) is 134 cm³/mol. The summed E-state index contributed by atoms with van der Waals surface area (Å²) in [5.74, 6) is -0.116. The molecule has 2 aliphatic carbocycles. The van der Waals surface area contributed by atoms with E-state index in [0.717, 1.165) is 41.4 Å². The molecule has 3 aromatic heterocycles. The van der Waals surface area contributed by atoms with Gasteiger partial charge in [0.15, 0.2) is 5.13 Å². The lowest BCUT2D eigenvalue weighted by atomic mass is 10.1. The lowest BCUT2D eigenvalue weighted by molar-refractivity contribution is 0.361. The third kappa shape index (κ3) is 5.01. The second-order valence-electron chi connectivity index (χ2n) is 8.14. The molecule has 3 aromatic rings. The van der Waals surface area contributed by atoms with E-state index in [-0.39, 0.29) is 5.69 Å². The lowest BCUT2D eigenvalue weighted by Crippen LogP contribution is -2.23. The van der Waals surface area contributed by atoms with Gasteiger partial charge in [0.2, 0.25) is 0 Å². The number of nitrogens with zero attached hydrogens (tertiary/aromatic N) is 3. The van der Waals surface area contributed by atoms with Crippen molar-refractivity contribution in [1.29, 1.82) is 0 Å². The Bertz CT molecular complexity index is 1500. The molecule has 0 aliphatic heterocycles. The van der Waals surface area contributed by atoms with Crippen molar-refractivity contribution in [2.24, 2.45) is 0 Å². The van der Waals surface area contributed by atoms with Crippen molar-refractivity contribution in [3.63, 3.8) is 0 Å². The number of alkyl halides is 1. The second kappa shape index (κ2) is 9.31. The number of sulfonamides is 1. The first kappa shape index (κ1) is 23.3. The summed E-state index contributed by atoms with van der Waals surface area (Å²) < 4.78 is 55.5. The SMILES string of the molecule is Cc1ncc(-c2ccnc(Nc3nc4c(s3)CCC=C4)c2)cc1NS(=O)(=O)C1=CC=C(F)CC1F. The van der Waals surface area contributed by atoms with Crippen LogP contribution in [0.25, 0.3) is 17.2 Å². The van der Waals surface area contributed by atoms with Crippen LogP contribution in [0.2, 0.25) is 0 Å². The van der Waals surface area contributed by atoms with Crippen LogP contribution in [0.4, 0.5) is 25.4 Å². The van der Waals surface area contributed by atoms with Gasteiger partial charge in [0, 0.05) is 29.3 Å². The van der Waals surface area contributed by atoms with Crippen LogP contribution < -0.4 is 10.0 Å². The average molecular weight is 514 g/mol. The highest BCUT2D eigenvalue weighted by Gasteiger charge is 2.30. The Balaban J connectivity index is 1.40. The van der Waals surface area contributed by atoms with E-state index in [1.165, 1.54) is 4.88 Å². The van der Waals surface area contributed by atoms with Gasteiger partial charge < -0.3 is 5.32 Å². The van der Waals surface area contributed by atoms with E-state index in [9.17, 15) is 17.2 Å². The van der Waals surface area contributed by atoms with E-state index < -0.39 is 33.3 Å². The van der Waals surface area contributed by atoms with Crippen molar-refractivity contribution >= 4 is 44.1 Å². The van der Waals surface area contributed by atoms with E-state index in [1.54, 1.807) is 42.8 Å². The van der Waals surface area contributed by atoms with Crippen LogP contribution in [0, 0.1) is 6.92 Å². The fraction of sp³-hybridized carbons (Fsp3) is 0.208. The molecule has 1 unspecified atom stereocenters. The molecule has 0 saturated carbocycles. The number of hydrogen-bond acceptors (Lipinski definition) is 7. The minimum atomic E-state index is -4.23. The number of nitrogens with one attached hydrogen (secondary N) is 2. The zero-order valence-corrected chi connectivity index (χ0v) is 20.3. The fourth-order valence-corrected chi connectivity index (χ4v) is 6.05. The third-order valence-corrected chi connectivity index (χ3v) is 8.17. The number of halogens is 2. The van der Waals surface area contributed by atoms with Gasteiger partial charge in [-0.2, -0.15) is 0 Å². The van der Waals surface area contributed by atoms with Crippen molar-refractivity contribution in [2.45, 2.75) is 32.4 Å². The number of fused-ring (bicyclic) bond motifs is 1. The normalized spacial score (nSPS) is 17.4. The Morgan fingerprint density at radius 3 is 2.83 bits per heavy atom. The molecule has 0 bridgehead atoms. The van der Waals surface area contributed by atoms with Crippen molar-refractivity contribution in [3.05, 3.63) is 75.8 Å². The molecule has 2 aliphatic rings. The number of thiazole rings is 1. The van der Waals surface area contributed by atoms with Crippen molar-refractivity contribution < 1.29 is 17.2 Å². The highest BCUT2D eigenvalue weighted by atomic mass is 32.2. The number of hydrogen-bond donors (Lipinski definition) is 2. The standard InChI is InChI=1S/C24H21F2N5O2S2/c1-14-20(31-35(32,33)22-7-6-17(25)12-18(22)26)10-16(13-28-14)15-8-9-27-23(11-15)30-24-29-19-4-2-3-5-21(19)34-24/h2,4,6-11,13,18,31H,3,5,12H2,1H3,(H,27,29,30). The predicted octanol–water partition coefficient (Wildman–Crippen LogP) is 5.83. The van der Waals surface area contributed by atoms with Gasteiger partial charge in [-0.3, -0.25) is 9.71 Å². The molecule has 0 spiro atoms. The summed E-state index contributed by atoms with van der Waals surface area (Å²) in [5.41, 5.74) is 2.99. The topological polar surface area (TPSA) is 96.9 Å². The van der Waals surface area contributed by atoms with Crippen molar-refractivity contribution in [3.8, 4) is 11.1 Å². The van der Waals surface area contributed by atoms with Gasteiger partial charge in [0.05, 0.1) is 22.0 Å². The molecule has 0 saturated heterocycles. The maximum Gasteiger partial charge on any atom is 0.261 e. The van der Waals surface area contributed by atoms with Gasteiger partial charge in [-0.15, -0.1) is 11.3 Å². The summed E-state index contributed by atoms with van der Waals surface area (Å²) >= 11 is 1.59. The Morgan fingerprint density at radius 2 is 2.03 bits per heavy atom. The van der Waals surface area contributed by atoms with Gasteiger partial charge in [0.1, 0.15) is 17.8 Å². The van der Waals surface area contributed by atoms with E-state index in [2.05, 4.69) is 31.1 Å².